The van der Waals surface area contributed by atoms with Crippen molar-refractivity contribution in [2.45, 2.75) is 33.2 Å². The van der Waals surface area contributed by atoms with E-state index in [-0.39, 0.29) is 5.56 Å². The number of piperidine rings is 1. The Hall–Kier alpha value is -3.55. The summed E-state index contributed by atoms with van der Waals surface area (Å²) in [5.41, 5.74) is 4.43. The zero-order valence-electron chi connectivity index (χ0n) is 17.8. The fourth-order valence-electron chi connectivity index (χ4n) is 4.29. The van der Waals surface area contributed by atoms with E-state index in [4.69, 9.17) is 0 Å². The van der Waals surface area contributed by atoms with Crippen LogP contribution in [-0.4, -0.2) is 42.2 Å². The maximum Gasteiger partial charge on any atom is 0.253 e. The van der Waals surface area contributed by atoms with Gasteiger partial charge in [-0.05, 0) is 44.7 Å². The Morgan fingerprint density at radius 2 is 1.81 bits per heavy atom. The summed E-state index contributed by atoms with van der Waals surface area (Å²) in [6, 6.07) is 9.45. The van der Waals surface area contributed by atoms with Crippen LogP contribution in [0.1, 0.15) is 24.2 Å². The highest BCUT2D eigenvalue weighted by Gasteiger charge is 2.22. The van der Waals surface area contributed by atoms with Gasteiger partial charge in [-0.2, -0.15) is 9.61 Å². The molecule has 31 heavy (non-hydrogen) atoms. The zero-order chi connectivity index (χ0) is 21.4. The van der Waals surface area contributed by atoms with Gasteiger partial charge < -0.3 is 4.90 Å². The summed E-state index contributed by atoms with van der Waals surface area (Å²) < 4.78 is 3.67. The number of fused-ring (bicyclic) bond motifs is 1. The van der Waals surface area contributed by atoms with Crippen LogP contribution in [0.5, 0.6) is 0 Å². The maximum atomic E-state index is 12.6. The second kappa shape index (κ2) is 7.94. The molecule has 4 aromatic heterocycles. The number of rotatable bonds is 4. The van der Waals surface area contributed by atoms with Crippen LogP contribution in [-0.2, 0) is 6.54 Å². The Balaban J connectivity index is 1.28. The molecule has 8 heteroatoms. The Bertz CT molecular complexity index is 1270. The molecule has 0 saturated carbocycles. The van der Waals surface area contributed by atoms with Crippen LogP contribution in [0.25, 0.3) is 16.9 Å². The highest BCUT2D eigenvalue weighted by atomic mass is 16.1. The van der Waals surface area contributed by atoms with Gasteiger partial charge in [0.05, 0.1) is 17.7 Å². The molecule has 0 aliphatic carbocycles. The molecule has 0 N–H and O–H groups in total. The van der Waals surface area contributed by atoms with E-state index in [1.165, 1.54) is 0 Å². The molecule has 0 radical (unpaired) electrons. The molecule has 0 bridgehead atoms. The van der Waals surface area contributed by atoms with Crippen LogP contribution in [0, 0.1) is 19.8 Å². The first-order valence-corrected chi connectivity index (χ1v) is 10.6. The average molecular weight is 416 g/mol. The number of anilines is 1. The van der Waals surface area contributed by atoms with Gasteiger partial charge >= 0.3 is 0 Å². The quantitative estimate of drug-likeness (QED) is 0.510. The summed E-state index contributed by atoms with van der Waals surface area (Å²) in [4.78, 5) is 28.1. The monoisotopic (exact) mass is 415 g/mol. The number of nitrogens with zero attached hydrogens (tertiary/aromatic N) is 7. The zero-order valence-corrected chi connectivity index (χ0v) is 17.8. The van der Waals surface area contributed by atoms with Crippen molar-refractivity contribution in [1.29, 1.82) is 0 Å². The molecular weight excluding hydrogens is 390 g/mol. The molecule has 5 heterocycles. The molecule has 0 unspecified atom stereocenters. The molecule has 5 rings (SSSR count). The van der Waals surface area contributed by atoms with Crippen molar-refractivity contribution in [2.24, 2.45) is 5.92 Å². The van der Waals surface area contributed by atoms with Crippen LogP contribution >= 0.6 is 0 Å². The third kappa shape index (κ3) is 3.93. The van der Waals surface area contributed by atoms with Gasteiger partial charge in [0.25, 0.3) is 5.56 Å². The summed E-state index contributed by atoms with van der Waals surface area (Å²) in [5, 5.41) is 4.62. The molecule has 0 amide bonds. The molecular formula is C23H25N7O. The second-order valence-electron chi connectivity index (χ2n) is 8.24. The lowest BCUT2D eigenvalue weighted by Crippen LogP contribution is -2.37. The van der Waals surface area contributed by atoms with Crippen LogP contribution in [0.4, 0.5) is 5.82 Å². The summed E-state index contributed by atoms with van der Waals surface area (Å²) in [7, 11) is 0. The van der Waals surface area contributed by atoms with Crippen molar-refractivity contribution in [3.63, 3.8) is 0 Å². The molecule has 8 nitrogen and oxygen atoms in total. The lowest BCUT2D eigenvalue weighted by molar-refractivity contribution is 0.349. The van der Waals surface area contributed by atoms with E-state index < -0.39 is 0 Å². The predicted octanol–water partition coefficient (Wildman–Crippen LogP) is 2.88. The van der Waals surface area contributed by atoms with Crippen molar-refractivity contribution in [1.82, 2.24) is 29.1 Å². The first kappa shape index (κ1) is 19.4. The fraction of sp³-hybridized carbons (Fsp3) is 0.348. The van der Waals surface area contributed by atoms with Crippen molar-refractivity contribution < 1.29 is 0 Å². The SMILES string of the molecule is Cc1cc(N2CCC(Cn3cnc(-c4ccncc4)cc3=O)CC2)n2nc(C)cc2n1. The van der Waals surface area contributed by atoms with Crippen LogP contribution in [0.15, 0.2) is 53.8 Å². The highest BCUT2D eigenvalue weighted by Crippen LogP contribution is 2.25. The minimum atomic E-state index is -0.0114. The number of aryl methyl sites for hydroxylation is 2. The van der Waals surface area contributed by atoms with Crippen molar-refractivity contribution in [3.05, 3.63) is 70.8 Å². The highest BCUT2D eigenvalue weighted by molar-refractivity contribution is 5.57. The van der Waals surface area contributed by atoms with Crippen LogP contribution in [0.3, 0.4) is 0 Å². The van der Waals surface area contributed by atoms with E-state index in [1.807, 2.05) is 36.6 Å². The maximum absolute atomic E-state index is 12.6. The molecule has 1 saturated heterocycles. The molecule has 0 aromatic carbocycles. The van der Waals surface area contributed by atoms with Gasteiger partial charge in [0.15, 0.2) is 5.65 Å². The molecule has 1 aliphatic rings. The molecule has 0 spiro atoms. The van der Waals surface area contributed by atoms with E-state index in [9.17, 15) is 4.79 Å². The molecule has 1 fully saturated rings. The minimum absolute atomic E-state index is 0.0114. The molecule has 1 aliphatic heterocycles. The first-order valence-electron chi connectivity index (χ1n) is 10.6. The van der Waals surface area contributed by atoms with E-state index in [2.05, 4.69) is 31.0 Å². The third-order valence-corrected chi connectivity index (χ3v) is 5.91. The van der Waals surface area contributed by atoms with Gasteiger partial charge in [0.2, 0.25) is 0 Å². The topological polar surface area (TPSA) is 81.2 Å². The van der Waals surface area contributed by atoms with Gasteiger partial charge in [0, 0.05) is 61.5 Å². The summed E-state index contributed by atoms with van der Waals surface area (Å²) in [6.07, 6.45) is 7.12. The summed E-state index contributed by atoms with van der Waals surface area (Å²) in [5.74, 6) is 1.54. The second-order valence-corrected chi connectivity index (χ2v) is 8.24. The van der Waals surface area contributed by atoms with Gasteiger partial charge in [0.1, 0.15) is 5.82 Å². The van der Waals surface area contributed by atoms with Crippen molar-refractivity contribution >= 4 is 11.5 Å². The number of aromatic nitrogens is 6. The number of hydrogen-bond donors (Lipinski definition) is 0. The van der Waals surface area contributed by atoms with E-state index in [1.54, 1.807) is 29.4 Å². The standard InChI is InChI=1S/C23H25N7O/c1-16-12-22(30-21(26-16)11-17(2)27-30)28-9-5-18(6-10-28)14-29-15-25-20(13-23(29)31)19-3-7-24-8-4-19/h3-4,7-8,11-13,15,18H,5-6,9-10,14H2,1-2H3. The van der Waals surface area contributed by atoms with E-state index in [0.29, 0.717) is 18.2 Å². The third-order valence-electron chi connectivity index (χ3n) is 5.91. The van der Waals surface area contributed by atoms with Gasteiger partial charge in [-0.1, -0.05) is 0 Å². The van der Waals surface area contributed by atoms with E-state index in [0.717, 1.165) is 54.3 Å². The van der Waals surface area contributed by atoms with Crippen molar-refractivity contribution in [2.75, 3.05) is 18.0 Å². The summed E-state index contributed by atoms with van der Waals surface area (Å²) >= 11 is 0. The number of hydrogen-bond acceptors (Lipinski definition) is 6. The Morgan fingerprint density at radius 1 is 1.03 bits per heavy atom. The van der Waals surface area contributed by atoms with Gasteiger partial charge in [-0.3, -0.25) is 14.3 Å². The Kier molecular flexibility index (Phi) is 4.97. The number of pyridine rings is 1. The van der Waals surface area contributed by atoms with Crippen LogP contribution in [0.2, 0.25) is 0 Å². The Labute approximate surface area is 180 Å². The predicted molar refractivity (Wildman–Crippen MR) is 119 cm³/mol. The normalized spacial score (nSPS) is 15.0. The Morgan fingerprint density at radius 3 is 2.55 bits per heavy atom. The lowest BCUT2D eigenvalue weighted by atomic mass is 9.96. The molecule has 158 valence electrons. The molecule has 4 aromatic rings. The lowest BCUT2D eigenvalue weighted by Gasteiger charge is -2.33. The van der Waals surface area contributed by atoms with Gasteiger partial charge in [-0.15, -0.1) is 0 Å². The van der Waals surface area contributed by atoms with Crippen LogP contribution < -0.4 is 10.5 Å². The fourth-order valence-corrected chi connectivity index (χ4v) is 4.29. The minimum Gasteiger partial charge on any atom is -0.356 e. The van der Waals surface area contributed by atoms with Crippen molar-refractivity contribution in [3.8, 4) is 11.3 Å². The largest absolute Gasteiger partial charge is 0.356 e. The van der Waals surface area contributed by atoms with E-state index >= 15 is 0 Å². The molecule has 0 atom stereocenters. The summed E-state index contributed by atoms with van der Waals surface area (Å²) in [6.45, 7) is 6.57. The first-order chi connectivity index (χ1) is 15.1. The average Bonchev–Trinajstić information content (AvgIpc) is 3.15. The van der Waals surface area contributed by atoms with Gasteiger partial charge in [-0.25, -0.2) is 9.97 Å². The smallest absolute Gasteiger partial charge is 0.253 e.